The number of furan rings is 1. The number of nitriles is 1. The molecule has 0 spiro atoms. The molecule has 1 unspecified atom stereocenters. The second-order valence-electron chi connectivity index (χ2n) is 6.92. The molecule has 4 rings (SSSR count). The van der Waals surface area contributed by atoms with Crippen molar-refractivity contribution < 1.29 is 9.21 Å². The molecule has 3 nitrogen and oxygen atoms in total. The van der Waals surface area contributed by atoms with E-state index in [0.29, 0.717) is 24.8 Å². The Hall–Kier alpha value is -3.38. The monoisotopic (exact) mass is 353 g/mol. The lowest BCUT2D eigenvalue weighted by Crippen LogP contribution is -2.36. The van der Waals surface area contributed by atoms with Gasteiger partial charge in [-0.2, -0.15) is 5.26 Å². The topological polar surface area (TPSA) is 54.0 Å². The van der Waals surface area contributed by atoms with Crippen molar-refractivity contribution in [3.63, 3.8) is 0 Å². The molecule has 0 aliphatic heterocycles. The molecule has 1 aliphatic rings. The summed E-state index contributed by atoms with van der Waals surface area (Å²) in [6.07, 6.45) is 4.88. The van der Waals surface area contributed by atoms with Crippen molar-refractivity contribution >= 4 is 16.9 Å². The van der Waals surface area contributed by atoms with E-state index in [1.807, 2.05) is 66.7 Å². The third-order valence-corrected chi connectivity index (χ3v) is 5.26. The molecule has 0 amide bonds. The summed E-state index contributed by atoms with van der Waals surface area (Å²) < 4.78 is 5.25. The maximum Gasteiger partial charge on any atom is 0.184 e. The van der Waals surface area contributed by atoms with Gasteiger partial charge in [0.25, 0.3) is 0 Å². The number of Topliss-reactive ketones (excluding diaryl/α,β-unsaturated/α-hetero) is 1. The molecule has 2 aromatic carbocycles. The van der Waals surface area contributed by atoms with Gasteiger partial charge in [-0.1, -0.05) is 60.7 Å². The van der Waals surface area contributed by atoms with Crippen molar-refractivity contribution in [1.82, 2.24) is 0 Å². The van der Waals surface area contributed by atoms with Crippen molar-refractivity contribution in [3.05, 3.63) is 95.9 Å². The van der Waals surface area contributed by atoms with Gasteiger partial charge in [0.1, 0.15) is 5.41 Å². The van der Waals surface area contributed by atoms with Gasteiger partial charge in [0.05, 0.1) is 18.6 Å². The lowest BCUT2D eigenvalue weighted by atomic mass is 9.66. The molecule has 1 aliphatic carbocycles. The van der Waals surface area contributed by atoms with Crippen LogP contribution in [0.25, 0.3) is 11.1 Å². The fourth-order valence-electron chi connectivity index (χ4n) is 3.85. The van der Waals surface area contributed by atoms with E-state index in [0.717, 1.165) is 22.3 Å². The van der Waals surface area contributed by atoms with Gasteiger partial charge in [-0.05, 0) is 42.0 Å². The number of nitrogens with zero attached hydrogens (tertiary/aromatic N) is 1. The van der Waals surface area contributed by atoms with Crippen LogP contribution in [0, 0.1) is 16.7 Å². The van der Waals surface area contributed by atoms with Crippen LogP contribution in [0.3, 0.4) is 0 Å². The zero-order valence-corrected chi connectivity index (χ0v) is 14.9. The Morgan fingerprint density at radius 3 is 2.30 bits per heavy atom. The third kappa shape index (κ3) is 3.11. The van der Waals surface area contributed by atoms with E-state index >= 15 is 0 Å². The number of carbonyl (C=O) groups excluding carboxylic acids is 1. The number of hydrogen-bond donors (Lipinski definition) is 0. The number of hydrogen-bond acceptors (Lipinski definition) is 3. The highest BCUT2D eigenvalue weighted by Gasteiger charge is 2.44. The van der Waals surface area contributed by atoms with Crippen molar-refractivity contribution in [3.8, 4) is 6.07 Å². The highest BCUT2D eigenvalue weighted by atomic mass is 16.3. The predicted octanol–water partition coefficient (Wildman–Crippen LogP) is 5.31. The summed E-state index contributed by atoms with van der Waals surface area (Å²) >= 11 is 0. The average Bonchev–Trinajstić information content (AvgIpc) is 3.25. The Bertz CT molecular complexity index is 1010. The Morgan fingerprint density at radius 2 is 1.67 bits per heavy atom. The van der Waals surface area contributed by atoms with Crippen molar-refractivity contribution in [1.29, 1.82) is 5.26 Å². The van der Waals surface area contributed by atoms with Crippen LogP contribution in [0.1, 0.15) is 29.5 Å². The minimum atomic E-state index is -1.04. The van der Waals surface area contributed by atoms with E-state index in [-0.39, 0.29) is 5.78 Å². The summed E-state index contributed by atoms with van der Waals surface area (Å²) in [7, 11) is 0. The van der Waals surface area contributed by atoms with Crippen LogP contribution in [0.5, 0.6) is 0 Å². The van der Waals surface area contributed by atoms with Gasteiger partial charge in [-0.15, -0.1) is 0 Å². The van der Waals surface area contributed by atoms with E-state index in [1.54, 1.807) is 12.5 Å². The molecule has 1 atom stereocenters. The third-order valence-electron chi connectivity index (χ3n) is 5.26. The Balaban J connectivity index is 1.84. The smallest absolute Gasteiger partial charge is 0.184 e. The summed E-state index contributed by atoms with van der Waals surface area (Å²) in [6.45, 7) is 0. The first-order chi connectivity index (χ1) is 13.2. The Kier molecular flexibility index (Phi) is 4.48. The molecule has 0 saturated carbocycles. The highest BCUT2D eigenvalue weighted by molar-refractivity contribution is 6.31. The van der Waals surface area contributed by atoms with Gasteiger partial charge in [0, 0.05) is 11.1 Å². The van der Waals surface area contributed by atoms with Gasteiger partial charge in [0.2, 0.25) is 0 Å². The first-order valence-electron chi connectivity index (χ1n) is 9.05. The molecule has 0 fully saturated rings. The zero-order valence-electron chi connectivity index (χ0n) is 14.9. The van der Waals surface area contributed by atoms with Crippen LogP contribution in [0.15, 0.2) is 83.7 Å². The van der Waals surface area contributed by atoms with Crippen LogP contribution in [0.2, 0.25) is 0 Å². The molecule has 3 heteroatoms. The number of carbonyl (C=O) groups is 1. The summed E-state index contributed by atoms with van der Waals surface area (Å²) in [4.78, 5) is 13.7. The van der Waals surface area contributed by atoms with Crippen LogP contribution >= 0.6 is 0 Å². The number of ketones is 1. The van der Waals surface area contributed by atoms with Crippen LogP contribution in [0.4, 0.5) is 0 Å². The zero-order chi connectivity index (χ0) is 18.7. The highest BCUT2D eigenvalue weighted by Crippen LogP contribution is 2.45. The summed E-state index contributed by atoms with van der Waals surface area (Å²) in [6, 6.07) is 23.7. The van der Waals surface area contributed by atoms with Gasteiger partial charge < -0.3 is 4.42 Å². The van der Waals surface area contributed by atoms with Gasteiger partial charge in [-0.3, -0.25) is 4.79 Å². The SMILES string of the molecule is N#CC1(Cc2ccccc2)CCC(c2ccoc2)=C(c2ccccc2)C1=O. The molecule has 1 aromatic heterocycles. The second-order valence-corrected chi connectivity index (χ2v) is 6.92. The molecule has 132 valence electrons. The molecule has 0 N–H and O–H groups in total. The number of benzene rings is 2. The van der Waals surface area contributed by atoms with Crippen molar-refractivity contribution in [2.24, 2.45) is 5.41 Å². The first-order valence-corrected chi connectivity index (χ1v) is 9.05. The molecule has 27 heavy (non-hydrogen) atoms. The fraction of sp³-hybridized carbons (Fsp3) is 0.167. The molecule has 0 radical (unpaired) electrons. The molecular formula is C24H19NO2. The lowest BCUT2D eigenvalue weighted by molar-refractivity contribution is -0.120. The number of allylic oxidation sites excluding steroid dienone is 2. The average molecular weight is 353 g/mol. The standard InChI is InChI=1S/C24H19NO2/c25-17-24(15-18-7-3-1-4-8-18)13-11-21(20-12-14-27-16-20)22(23(24)26)19-9-5-2-6-10-19/h1-10,12,14,16H,11,13,15H2. The molecule has 0 bridgehead atoms. The van der Waals surface area contributed by atoms with Crippen LogP contribution < -0.4 is 0 Å². The maximum absolute atomic E-state index is 13.7. The number of rotatable bonds is 4. The van der Waals surface area contributed by atoms with Crippen LogP contribution in [-0.4, -0.2) is 5.78 Å². The molecular weight excluding hydrogens is 334 g/mol. The quantitative estimate of drug-likeness (QED) is 0.639. The van der Waals surface area contributed by atoms with E-state index in [4.69, 9.17) is 4.42 Å². The van der Waals surface area contributed by atoms with Crippen LogP contribution in [-0.2, 0) is 11.2 Å². The Labute approximate surface area is 158 Å². The fourth-order valence-corrected chi connectivity index (χ4v) is 3.85. The van der Waals surface area contributed by atoms with Gasteiger partial charge >= 0.3 is 0 Å². The summed E-state index contributed by atoms with van der Waals surface area (Å²) in [5, 5.41) is 10.0. The normalized spacial score (nSPS) is 19.7. The largest absolute Gasteiger partial charge is 0.472 e. The van der Waals surface area contributed by atoms with E-state index in [9.17, 15) is 10.1 Å². The first kappa shape index (κ1) is 17.1. The van der Waals surface area contributed by atoms with E-state index in [2.05, 4.69) is 6.07 Å². The second kappa shape index (κ2) is 7.09. The van der Waals surface area contributed by atoms with E-state index in [1.165, 1.54) is 0 Å². The minimum Gasteiger partial charge on any atom is -0.472 e. The lowest BCUT2D eigenvalue weighted by Gasteiger charge is -2.32. The summed E-state index contributed by atoms with van der Waals surface area (Å²) in [5.74, 6) is -0.0949. The molecule has 3 aromatic rings. The van der Waals surface area contributed by atoms with Gasteiger partial charge in [0.15, 0.2) is 5.78 Å². The van der Waals surface area contributed by atoms with E-state index < -0.39 is 5.41 Å². The molecule has 1 heterocycles. The van der Waals surface area contributed by atoms with Crippen molar-refractivity contribution in [2.75, 3.05) is 0 Å². The maximum atomic E-state index is 13.7. The Morgan fingerprint density at radius 1 is 0.963 bits per heavy atom. The minimum absolute atomic E-state index is 0.0949. The van der Waals surface area contributed by atoms with Crippen molar-refractivity contribution in [2.45, 2.75) is 19.3 Å². The van der Waals surface area contributed by atoms with Gasteiger partial charge in [-0.25, -0.2) is 0 Å². The molecule has 0 saturated heterocycles. The summed E-state index contributed by atoms with van der Waals surface area (Å²) in [5.41, 5.74) is 3.32. The predicted molar refractivity (Wildman–Crippen MR) is 104 cm³/mol.